The van der Waals surface area contributed by atoms with Crippen LogP contribution >= 0.6 is 0 Å². The number of nitrogens with one attached hydrogen (secondary N) is 1. The second-order valence-electron chi connectivity index (χ2n) is 6.87. The maximum absolute atomic E-state index is 11.6. The predicted octanol–water partition coefficient (Wildman–Crippen LogP) is -1.07. The highest BCUT2D eigenvalue weighted by Gasteiger charge is 2.34. The van der Waals surface area contributed by atoms with Gasteiger partial charge in [-0.1, -0.05) is 0 Å². The third-order valence-electron chi connectivity index (χ3n) is 4.75. The van der Waals surface area contributed by atoms with Gasteiger partial charge in [-0.15, -0.1) is 0 Å². The van der Waals surface area contributed by atoms with Gasteiger partial charge in [0.1, 0.15) is 18.5 Å². The fourth-order valence-electron chi connectivity index (χ4n) is 3.40. The summed E-state index contributed by atoms with van der Waals surface area (Å²) in [6, 6.07) is 0.0705. The molecular formula is C16H22N6O4. The molecule has 2 saturated heterocycles. The Morgan fingerprint density at radius 3 is 3.04 bits per heavy atom. The quantitative estimate of drug-likeness (QED) is 0.668. The Hall–Kier alpha value is -2.30. The zero-order valence-corrected chi connectivity index (χ0v) is 14.6. The Morgan fingerprint density at radius 2 is 2.31 bits per heavy atom. The molecule has 2 fully saturated rings. The number of anilines is 1. The van der Waals surface area contributed by atoms with E-state index in [-0.39, 0.29) is 18.6 Å². The highest BCUT2D eigenvalue weighted by atomic mass is 16.5. The fraction of sp³-hybridized carbons (Fsp3) is 0.625. The number of hydrogen-bond donors (Lipinski definition) is 2. The van der Waals surface area contributed by atoms with Gasteiger partial charge in [-0.25, -0.2) is 15.0 Å². The highest BCUT2D eigenvalue weighted by Crippen LogP contribution is 2.27. The summed E-state index contributed by atoms with van der Waals surface area (Å²) in [4.78, 5) is 26.8. The van der Waals surface area contributed by atoms with Crippen molar-refractivity contribution < 1.29 is 19.4 Å². The second-order valence-corrected chi connectivity index (χ2v) is 6.87. The minimum absolute atomic E-state index is 0.0608. The molecular weight excluding hydrogens is 340 g/mol. The van der Waals surface area contributed by atoms with Crippen molar-refractivity contribution in [3.63, 3.8) is 0 Å². The molecule has 2 aromatic heterocycles. The second kappa shape index (κ2) is 6.78. The zero-order valence-electron chi connectivity index (χ0n) is 14.6. The third kappa shape index (κ3) is 3.22. The van der Waals surface area contributed by atoms with Crippen molar-refractivity contribution in [1.82, 2.24) is 24.8 Å². The summed E-state index contributed by atoms with van der Waals surface area (Å²) < 4.78 is 12.0. The van der Waals surface area contributed by atoms with Crippen LogP contribution in [0.4, 0.5) is 5.82 Å². The zero-order chi connectivity index (χ0) is 18.1. The van der Waals surface area contributed by atoms with Gasteiger partial charge in [0, 0.05) is 33.2 Å². The summed E-state index contributed by atoms with van der Waals surface area (Å²) in [6.07, 6.45) is 3.78. The molecule has 2 aromatic rings. The lowest BCUT2D eigenvalue weighted by Crippen LogP contribution is -2.60. The molecule has 1 amide bonds. The van der Waals surface area contributed by atoms with Crippen molar-refractivity contribution in [3.8, 4) is 0 Å². The molecule has 10 heteroatoms. The van der Waals surface area contributed by atoms with Crippen molar-refractivity contribution >= 4 is 22.9 Å². The number of aliphatic hydroxyl groups is 1. The van der Waals surface area contributed by atoms with Gasteiger partial charge in [-0.3, -0.25) is 4.79 Å². The summed E-state index contributed by atoms with van der Waals surface area (Å²) in [7, 11) is 1.49. The maximum atomic E-state index is 11.6. The first-order valence-electron chi connectivity index (χ1n) is 8.57. The van der Waals surface area contributed by atoms with Crippen LogP contribution in [0.1, 0.15) is 6.42 Å². The van der Waals surface area contributed by atoms with Crippen LogP contribution in [0, 0.1) is 0 Å². The van der Waals surface area contributed by atoms with Crippen molar-refractivity contribution in [2.24, 2.45) is 0 Å². The molecule has 4 rings (SSSR count). The normalized spacial score (nSPS) is 23.4. The first-order chi connectivity index (χ1) is 12.6. The minimum atomic E-state index is -0.883. The molecule has 26 heavy (non-hydrogen) atoms. The van der Waals surface area contributed by atoms with Crippen LogP contribution in [0.5, 0.6) is 0 Å². The Bertz CT molecular complexity index is 797. The largest absolute Gasteiger partial charge is 0.386 e. The number of rotatable bonds is 6. The molecule has 2 N–H and O–H groups in total. The van der Waals surface area contributed by atoms with E-state index >= 15 is 0 Å². The first kappa shape index (κ1) is 17.1. The van der Waals surface area contributed by atoms with Crippen LogP contribution < -0.4 is 10.2 Å². The van der Waals surface area contributed by atoms with E-state index in [9.17, 15) is 9.90 Å². The number of imidazole rings is 1. The Morgan fingerprint density at radius 1 is 1.46 bits per heavy atom. The molecule has 0 aliphatic carbocycles. The Kier molecular flexibility index (Phi) is 4.47. The van der Waals surface area contributed by atoms with E-state index in [1.54, 1.807) is 6.33 Å². The van der Waals surface area contributed by atoms with Crippen LogP contribution in [0.15, 0.2) is 12.7 Å². The summed E-state index contributed by atoms with van der Waals surface area (Å²) in [5.41, 5.74) is 0.491. The smallest absolute Gasteiger partial charge is 0.246 e. The Balaban J connectivity index is 1.47. The lowest BCUT2D eigenvalue weighted by atomic mass is 10.0. The van der Waals surface area contributed by atoms with E-state index in [2.05, 4.69) is 20.3 Å². The van der Waals surface area contributed by atoms with Gasteiger partial charge in [0.05, 0.1) is 25.5 Å². The number of ether oxygens (including phenoxy) is 2. The number of methoxy groups -OCH3 is 1. The van der Waals surface area contributed by atoms with Crippen LogP contribution in [0.25, 0.3) is 11.2 Å². The molecule has 0 aromatic carbocycles. The van der Waals surface area contributed by atoms with Crippen LogP contribution in [-0.4, -0.2) is 82.2 Å². The van der Waals surface area contributed by atoms with Crippen molar-refractivity contribution in [2.75, 3.05) is 44.9 Å². The Labute approximate surface area is 150 Å². The van der Waals surface area contributed by atoms with Crippen molar-refractivity contribution in [1.29, 1.82) is 0 Å². The van der Waals surface area contributed by atoms with Gasteiger partial charge in [-0.05, 0) is 0 Å². The average Bonchev–Trinajstić information content (AvgIpc) is 3.18. The number of hydrogen-bond acceptors (Lipinski definition) is 8. The van der Waals surface area contributed by atoms with E-state index < -0.39 is 5.60 Å². The molecule has 0 saturated carbocycles. The van der Waals surface area contributed by atoms with Crippen LogP contribution in [0.3, 0.4) is 0 Å². The van der Waals surface area contributed by atoms with E-state index in [4.69, 9.17) is 9.47 Å². The molecule has 2 aliphatic rings. The van der Waals surface area contributed by atoms with E-state index in [1.165, 1.54) is 13.4 Å². The molecule has 0 radical (unpaired) electrons. The first-order valence-corrected chi connectivity index (χ1v) is 8.57. The molecule has 0 bridgehead atoms. The number of aromatic nitrogens is 4. The summed E-state index contributed by atoms with van der Waals surface area (Å²) >= 11 is 0. The molecule has 1 atom stereocenters. The van der Waals surface area contributed by atoms with Crippen molar-refractivity contribution in [3.05, 3.63) is 12.7 Å². The SMILES string of the molecule is COCC(=O)NC1CN(c2ncnc3c2ncn3CC2(O)CCOC2)C1. The van der Waals surface area contributed by atoms with Crippen molar-refractivity contribution in [2.45, 2.75) is 24.6 Å². The molecule has 4 heterocycles. The standard InChI is InChI=1S/C16H22N6O4/c1-25-6-12(23)20-11-4-21(5-11)14-13-15(18-9-17-14)22(10-19-13)7-16(24)2-3-26-8-16/h9-11,24H,2-8H2,1H3,(H,20,23). The number of carbonyl (C=O) groups excluding carboxylic acids is 1. The number of fused-ring (bicyclic) bond motifs is 1. The summed E-state index contributed by atoms with van der Waals surface area (Å²) in [5, 5.41) is 13.4. The monoisotopic (exact) mass is 362 g/mol. The lowest BCUT2D eigenvalue weighted by molar-refractivity contribution is -0.125. The van der Waals surface area contributed by atoms with Crippen LogP contribution in [0.2, 0.25) is 0 Å². The summed E-state index contributed by atoms with van der Waals surface area (Å²) in [6.45, 7) is 2.65. The highest BCUT2D eigenvalue weighted by molar-refractivity contribution is 5.84. The molecule has 1 unspecified atom stereocenters. The number of nitrogens with zero attached hydrogens (tertiary/aromatic N) is 5. The van der Waals surface area contributed by atoms with Gasteiger partial charge in [0.15, 0.2) is 17.0 Å². The molecule has 2 aliphatic heterocycles. The van der Waals surface area contributed by atoms with E-state index in [0.29, 0.717) is 50.4 Å². The lowest BCUT2D eigenvalue weighted by Gasteiger charge is -2.40. The van der Waals surface area contributed by atoms with E-state index in [0.717, 1.165) is 5.82 Å². The fourth-order valence-corrected chi connectivity index (χ4v) is 3.40. The van der Waals surface area contributed by atoms with Gasteiger partial charge in [-0.2, -0.15) is 0 Å². The molecule has 10 nitrogen and oxygen atoms in total. The van der Waals surface area contributed by atoms with E-state index in [1.807, 2.05) is 9.47 Å². The number of carbonyl (C=O) groups is 1. The van der Waals surface area contributed by atoms with Gasteiger partial charge < -0.3 is 29.4 Å². The van der Waals surface area contributed by atoms with Gasteiger partial charge in [0.2, 0.25) is 5.91 Å². The van der Waals surface area contributed by atoms with Gasteiger partial charge in [0.25, 0.3) is 0 Å². The maximum Gasteiger partial charge on any atom is 0.246 e. The van der Waals surface area contributed by atoms with Crippen LogP contribution in [-0.2, 0) is 20.8 Å². The average molecular weight is 362 g/mol. The molecule has 0 spiro atoms. The topological polar surface area (TPSA) is 115 Å². The minimum Gasteiger partial charge on any atom is -0.386 e. The third-order valence-corrected chi connectivity index (χ3v) is 4.75. The summed E-state index contributed by atoms with van der Waals surface area (Å²) in [5.74, 6) is 0.613. The molecule has 140 valence electrons. The van der Waals surface area contributed by atoms with Gasteiger partial charge >= 0.3 is 0 Å². The number of amides is 1. The predicted molar refractivity (Wildman–Crippen MR) is 91.7 cm³/mol.